The molecule has 0 unspecified atom stereocenters. The van der Waals surface area contributed by atoms with Gasteiger partial charge in [0.25, 0.3) is 0 Å². The topological polar surface area (TPSA) is 83.5 Å². The highest BCUT2D eigenvalue weighted by molar-refractivity contribution is 7.89. The fourth-order valence-electron chi connectivity index (χ4n) is 1.36. The molecule has 15 heavy (non-hydrogen) atoms. The van der Waals surface area contributed by atoms with Crippen molar-refractivity contribution in [2.24, 2.45) is 11.3 Å². The van der Waals surface area contributed by atoms with E-state index < -0.39 is 21.4 Å². The maximum Gasteiger partial charge on any atom is 0.310 e. The fraction of sp³-hybridized carbons (Fsp3) is 0.889. The lowest BCUT2D eigenvalue weighted by Crippen LogP contribution is -2.36. The highest BCUT2D eigenvalue weighted by Gasteiger charge is 2.50. The largest absolute Gasteiger partial charge is 0.481 e. The van der Waals surface area contributed by atoms with Gasteiger partial charge in [-0.1, -0.05) is 13.8 Å². The molecule has 0 spiro atoms. The van der Waals surface area contributed by atoms with Gasteiger partial charge in [0.05, 0.1) is 11.2 Å². The molecule has 0 radical (unpaired) electrons. The average molecular weight is 235 g/mol. The first kappa shape index (κ1) is 12.4. The molecule has 1 rings (SSSR count). The maximum atomic E-state index is 11.4. The summed E-state index contributed by atoms with van der Waals surface area (Å²) in [5.74, 6) is -0.819. The summed E-state index contributed by atoms with van der Waals surface area (Å²) in [7, 11) is -3.32. The van der Waals surface area contributed by atoms with E-state index in [1.54, 1.807) is 0 Å². The maximum absolute atomic E-state index is 11.4. The predicted molar refractivity (Wildman–Crippen MR) is 55.9 cm³/mol. The molecule has 1 saturated carbocycles. The number of rotatable bonds is 6. The van der Waals surface area contributed by atoms with Crippen molar-refractivity contribution in [3.05, 3.63) is 0 Å². The molecule has 0 aromatic carbocycles. The standard InChI is InChI=1S/C9H17NO4S/c1-7(2)5-15(13,14)10-6-9(3-4-9)8(11)12/h7,10H,3-6H2,1-2H3,(H,11,12). The van der Waals surface area contributed by atoms with Crippen molar-refractivity contribution >= 4 is 16.0 Å². The number of sulfonamides is 1. The fourth-order valence-corrected chi connectivity index (χ4v) is 2.85. The van der Waals surface area contributed by atoms with Gasteiger partial charge in [-0.2, -0.15) is 0 Å². The molecule has 1 fully saturated rings. The van der Waals surface area contributed by atoms with Crippen LogP contribution in [0.2, 0.25) is 0 Å². The summed E-state index contributed by atoms with van der Waals surface area (Å²) in [6, 6.07) is 0. The van der Waals surface area contributed by atoms with Crippen LogP contribution < -0.4 is 4.72 Å². The van der Waals surface area contributed by atoms with Gasteiger partial charge in [-0.15, -0.1) is 0 Å². The molecule has 6 heteroatoms. The van der Waals surface area contributed by atoms with Crippen molar-refractivity contribution in [3.8, 4) is 0 Å². The summed E-state index contributed by atoms with van der Waals surface area (Å²) >= 11 is 0. The van der Waals surface area contributed by atoms with Crippen LogP contribution in [0.5, 0.6) is 0 Å². The molecule has 0 aromatic rings. The Labute approximate surface area is 89.9 Å². The van der Waals surface area contributed by atoms with Crippen LogP contribution in [-0.2, 0) is 14.8 Å². The second-order valence-electron chi connectivity index (χ2n) is 4.58. The van der Waals surface area contributed by atoms with Crippen molar-refractivity contribution in [1.82, 2.24) is 4.72 Å². The Kier molecular flexibility index (Phi) is 3.40. The molecule has 0 heterocycles. The second-order valence-corrected chi connectivity index (χ2v) is 6.43. The first-order chi connectivity index (χ1) is 6.77. The van der Waals surface area contributed by atoms with Gasteiger partial charge in [0, 0.05) is 6.54 Å². The molecule has 1 aliphatic rings. The molecular formula is C9H17NO4S. The average Bonchev–Trinajstić information content (AvgIpc) is 2.78. The van der Waals surface area contributed by atoms with Crippen LogP contribution in [0.1, 0.15) is 26.7 Å². The molecule has 0 bridgehead atoms. The lowest BCUT2D eigenvalue weighted by molar-refractivity contribution is -0.142. The van der Waals surface area contributed by atoms with Gasteiger partial charge < -0.3 is 5.11 Å². The van der Waals surface area contributed by atoms with Crippen molar-refractivity contribution < 1.29 is 18.3 Å². The third kappa shape index (κ3) is 3.46. The van der Waals surface area contributed by atoms with Gasteiger partial charge in [-0.3, -0.25) is 4.79 Å². The van der Waals surface area contributed by atoms with E-state index in [9.17, 15) is 13.2 Å². The molecule has 1 aliphatic carbocycles. The van der Waals surface area contributed by atoms with Gasteiger partial charge in [-0.25, -0.2) is 13.1 Å². The van der Waals surface area contributed by atoms with Crippen LogP contribution in [-0.4, -0.2) is 31.8 Å². The Bertz CT molecular complexity index is 343. The number of aliphatic carboxylic acids is 1. The number of hydrogen-bond acceptors (Lipinski definition) is 3. The van der Waals surface area contributed by atoms with Crippen LogP contribution in [0.4, 0.5) is 0 Å². The van der Waals surface area contributed by atoms with Crippen molar-refractivity contribution in [2.45, 2.75) is 26.7 Å². The summed E-state index contributed by atoms with van der Waals surface area (Å²) in [5.41, 5.74) is -0.829. The van der Waals surface area contributed by atoms with Gasteiger partial charge in [0.1, 0.15) is 0 Å². The van der Waals surface area contributed by atoms with E-state index >= 15 is 0 Å². The SMILES string of the molecule is CC(C)CS(=O)(=O)NCC1(C(=O)O)CC1. The van der Waals surface area contributed by atoms with Crippen LogP contribution >= 0.6 is 0 Å². The molecule has 0 atom stereocenters. The van der Waals surface area contributed by atoms with Gasteiger partial charge in [0.2, 0.25) is 10.0 Å². The lowest BCUT2D eigenvalue weighted by atomic mass is 10.1. The lowest BCUT2D eigenvalue weighted by Gasteiger charge is -2.12. The number of hydrogen-bond donors (Lipinski definition) is 2. The van der Waals surface area contributed by atoms with E-state index in [0.717, 1.165) is 0 Å². The Morgan fingerprint density at radius 1 is 1.47 bits per heavy atom. The van der Waals surface area contributed by atoms with E-state index in [1.165, 1.54) is 0 Å². The van der Waals surface area contributed by atoms with E-state index in [4.69, 9.17) is 5.11 Å². The zero-order chi connectivity index (χ0) is 11.7. The zero-order valence-corrected chi connectivity index (χ0v) is 9.80. The molecule has 0 amide bonds. The molecule has 88 valence electrons. The van der Waals surface area contributed by atoms with Gasteiger partial charge in [-0.05, 0) is 18.8 Å². The van der Waals surface area contributed by atoms with E-state index in [0.29, 0.717) is 12.8 Å². The number of nitrogens with one attached hydrogen (secondary N) is 1. The molecule has 0 aliphatic heterocycles. The van der Waals surface area contributed by atoms with Crippen LogP contribution in [0.25, 0.3) is 0 Å². The molecule has 5 nitrogen and oxygen atoms in total. The smallest absolute Gasteiger partial charge is 0.310 e. The number of carboxylic acids is 1. The first-order valence-corrected chi connectivity index (χ1v) is 6.63. The molecule has 2 N–H and O–H groups in total. The van der Waals surface area contributed by atoms with Crippen LogP contribution in [0.15, 0.2) is 0 Å². The summed E-state index contributed by atoms with van der Waals surface area (Å²) in [6.07, 6.45) is 1.12. The van der Waals surface area contributed by atoms with E-state index in [1.807, 2.05) is 13.8 Å². The number of carboxylic acid groups (broad SMARTS) is 1. The molecular weight excluding hydrogens is 218 g/mol. The van der Waals surface area contributed by atoms with Crippen molar-refractivity contribution in [2.75, 3.05) is 12.3 Å². The Morgan fingerprint density at radius 2 is 2.00 bits per heavy atom. The third-order valence-electron chi connectivity index (χ3n) is 2.49. The summed E-state index contributed by atoms with van der Waals surface area (Å²) in [6.45, 7) is 3.64. The summed E-state index contributed by atoms with van der Waals surface area (Å²) in [5, 5.41) is 8.85. The number of carbonyl (C=O) groups is 1. The highest BCUT2D eigenvalue weighted by atomic mass is 32.2. The molecule has 0 aromatic heterocycles. The first-order valence-electron chi connectivity index (χ1n) is 4.98. The minimum Gasteiger partial charge on any atom is -0.481 e. The Hall–Kier alpha value is -0.620. The zero-order valence-electron chi connectivity index (χ0n) is 8.99. The van der Waals surface area contributed by atoms with E-state index in [-0.39, 0.29) is 18.2 Å². The van der Waals surface area contributed by atoms with Gasteiger partial charge >= 0.3 is 5.97 Å². The van der Waals surface area contributed by atoms with Crippen LogP contribution in [0.3, 0.4) is 0 Å². The predicted octanol–water partition coefficient (Wildman–Crippen LogP) is 0.427. The van der Waals surface area contributed by atoms with Crippen molar-refractivity contribution in [1.29, 1.82) is 0 Å². The van der Waals surface area contributed by atoms with Crippen molar-refractivity contribution in [3.63, 3.8) is 0 Å². The Balaban J connectivity index is 2.47. The van der Waals surface area contributed by atoms with Gasteiger partial charge in [0.15, 0.2) is 0 Å². The monoisotopic (exact) mass is 235 g/mol. The second kappa shape index (κ2) is 4.09. The minimum absolute atomic E-state index is 0.0252. The summed E-state index contributed by atoms with van der Waals surface area (Å²) < 4.78 is 25.2. The summed E-state index contributed by atoms with van der Waals surface area (Å²) in [4.78, 5) is 10.8. The highest BCUT2D eigenvalue weighted by Crippen LogP contribution is 2.45. The minimum atomic E-state index is -3.32. The van der Waals surface area contributed by atoms with E-state index in [2.05, 4.69) is 4.72 Å². The van der Waals surface area contributed by atoms with Crippen LogP contribution in [0, 0.1) is 11.3 Å². The quantitative estimate of drug-likeness (QED) is 0.699. The Morgan fingerprint density at radius 3 is 2.33 bits per heavy atom. The normalized spacial score (nSPS) is 19.1. The third-order valence-corrected chi connectivity index (χ3v) is 4.18. The molecule has 0 saturated heterocycles.